The van der Waals surface area contributed by atoms with Gasteiger partial charge < -0.3 is 20.6 Å². The molecule has 3 N–H and O–H groups in total. The predicted molar refractivity (Wildman–Crippen MR) is 158 cm³/mol. The van der Waals surface area contributed by atoms with E-state index in [9.17, 15) is 49.8 Å². The maximum Gasteiger partial charge on any atom is 0.416 e. The van der Waals surface area contributed by atoms with Crippen molar-refractivity contribution >= 4 is 11.8 Å². The number of carbonyl (C=O) groups is 2. The Kier molecular flexibility index (Phi) is 12.5. The fourth-order valence-electron chi connectivity index (χ4n) is 5.09. The van der Waals surface area contributed by atoms with Gasteiger partial charge in [0.25, 0.3) is 11.8 Å². The van der Waals surface area contributed by atoms with E-state index >= 15 is 0 Å². The molecule has 0 radical (unpaired) electrons. The highest BCUT2D eigenvalue weighted by molar-refractivity contribution is 6.00. The minimum atomic E-state index is -4.56. The summed E-state index contributed by atoms with van der Waals surface area (Å²) in [7, 11) is 0. The number of rotatable bonds is 13. The topological polar surface area (TPSA) is 86.9 Å². The summed E-state index contributed by atoms with van der Waals surface area (Å²) in [5.74, 6) is -12.0. The number of hydrogen-bond acceptors (Lipinski definition) is 4. The highest BCUT2D eigenvalue weighted by Gasteiger charge is 2.32. The van der Waals surface area contributed by atoms with E-state index in [0.717, 1.165) is 12.1 Å². The van der Waals surface area contributed by atoms with Gasteiger partial charge in [0.15, 0.2) is 23.3 Å². The molecule has 0 unspecified atom stereocenters. The third kappa shape index (κ3) is 9.07. The molecular weight excluding hydrogens is 638 g/mol. The largest absolute Gasteiger partial charge is 0.416 e. The van der Waals surface area contributed by atoms with Gasteiger partial charge in [0.05, 0.1) is 11.7 Å². The molecule has 0 aliphatic rings. The summed E-state index contributed by atoms with van der Waals surface area (Å²) in [6, 6.07) is 7.40. The molecular formula is C33H35F8N3O3. The number of carbonyl (C=O) groups excluding carboxylic acids is 2. The molecule has 2 amide bonds. The third-order valence-electron chi connectivity index (χ3n) is 7.40. The van der Waals surface area contributed by atoms with E-state index in [4.69, 9.17) is 5.73 Å². The molecule has 0 bridgehead atoms. The van der Waals surface area contributed by atoms with Crippen LogP contribution >= 0.6 is 0 Å². The van der Waals surface area contributed by atoms with Crippen molar-refractivity contribution in [2.24, 2.45) is 5.73 Å². The Balaban J connectivity index is 1.84. The van der Waals surface area contributed by atoms with Gasteiger partial charge in [-0.2, -0.15) is 13.2 Å². The van der Waals surface area contributed by atoms with Crippen molar-refractivity contribution in [1.29, 1.82) is 0 Å². The smallest absolute Gasteiger partial charge is 0.390 e. The zero-order chi connectivity index (χ0) is 35.2. The van der Waals surface area contributed by atoms with Gasteiger partial charge >= 0.3 is 6.18 Å². The van der Waals surface area contributed by atoms with E-state index < -0.39 is 83.3 Å². The molecule has 256 valence electrons. The lowest BCUT2D eigenvalue weighted by molar-refractivity contribution is -0.137. The minimum absolute atomic E-state index is 0.0397. The van der Waals surface area contributed by atoms with Gasteiger partial charge in [-0.05, 0) is 67.6 Å². The highest BCUT2D eigenvalue weighted by Crippen LogP contribution is 2.30. The average Bonchev–Trinajstić information content (AvgIpc) is 3.03. The van der Waals surface area contributed by atoms with Crippen LogP contribution < -0.4 is 5.73 Å². The second kappa shape index (κ2) is 15.7. The van der Waals surface area contributed by atoms with Gasteiger partial charge in [0, 0.05) is 48.9 Å². The van der Waals surface area contributed by atoms with Gasteiger partial charge in [-0.15, -0.1) is 0 Å². The third-order valence-corrected chi connectivity index (χ3v) is 7.40. The van der Waals surface area contributed by atoms with Crippen molar-refractivity contribution in [3.8, 4) is 0 Å². The fraction of sp³-hybridized carbons (Fsp3) is 0.394. The number of alkyl halides is 3. The number of nitrogens with two attached hydrogens (primary N) is 1. The molecule has 0 saturated heterocycles. The molecule has 0 aliphatic carbocycles. The molecule has 0 aliphatic heterocycles. The Morgan fingerprint density at radius 3 is 1.85 bits per heavy atom. The van der Waals surface area contributed by atoms with Gasteiger partial charge in [-0.3, -0.25) is 9.59 Å². The standard InChI is InChI=1S/C33H35F8N3O3/c1-4-9-43(16-19-7-6-8-22(13-19)33(39,40)41)31(46)20-11-18(3)12-21(14-20)32(47)44(10-5-2)17-25(45)24(42)15-23-26(34)28(36)30(38)29(37)27(23)35/h6-8,11-14,24-25,45H,4-5,9-10,15-17,42H2,1-3H3/t24-,25+/m0/s1. The number of aliphatic hydroxyl groups is 1. The average molecular weight is 674 g/mol. The molecule has 0 heterocycles. The number of halogens is 8. The van der Waals surface area contributed by atoms with Gasteiger partial charge in [0.2, 0.25) is 5.82 Å². The van der Waals surface area contributed by atoms with E-state index in [0.29, 0.717) is 18.4 Å². The Morgan fingerprint density at radius 2 is 1.32 bits per heavy atom. The maximum absolute atomic E-state index is 14.2. The Labute approximate surface area is 266 Å². The lowest BCUT2D eigenvalue weighted by Gasteiger charge is -2.28. The summed E-state index contributed by atoms with van der Waals surface area (Å²) >= 11 is 0. The van der Waals surface area contributed by atoms with E-state index in [-0.39, 0.29) is 36.3 Å². The van der Waals surface area contributed by atoms with E-state index in [1.165, 1.54) is 40.1 Å². The summed E-state index contributed by atoms with van der Waals surface area (Å²) in [5, 5.41) is 10.7. The molecule has 3 aromatic carbocycles. The molecule has 3 aromatic rings. The summed E-state index contributed by atoms with van der Waals surface area (Å²) < 4.78 is 109. The molecule has 2 atom stereocenters. The normalized spacial score (nSPS) is 13.0. The lowest BCUT2D eigenvalue weighted by Crippen LogP contribution is -2.47. The summed E-state index contributed by atoms with van der Waals surface area (Å²) in [4.78, 5) is 29.8. The van der Waals surface area contributed by atoms with Crippen LogP contribution in [0.3, 0.4) is 0 Å². The van der Waals surface area contributed by atoms with Crippen LogP contribution in [0.25, 0.3) is 0 Å². The van der Waals surface area contributed by atoms with E-state index in [1.54, 1.807) is 20.8 Å². The molecule has 47 heavy (non-hydrogen) atoms. The first-order valence-electron chi connectivity index (χ1n) is 14.8. The van der Waals surface area contributed by atoms with Crippen LogP contribution in [0.1, 0.15) is 69.7 Å². The zero-order valence-corrected chi connectivity index (χ0v) is 25.9. The van der Waals surface area contributed by atoms with Crippen molar-refractivity contribution < 1.29 is 49.8 Å². The van der Waals surface area contributed by atoms with E-state index in [2.05, 4.69) is 0 Å². The van der Waals surface area contributed by atoms with Crippen LogP contribution in [-0.4, -0.2) is 58.5 Å². The first kappa shape index (κ1) is 37.4. The number of benzene rings is 3. The van der Waals surface area contributed by atoms with Crippen LogP contribution in [0, 0.1) is 36.0 Å². The fourth-order valence-corrected chi connectivity index (χ4v) is 5.09. The summed E-state index contributed by atoms with van der Waals surface area (Å²) in [5.41, 5.74) is 4.72. The van der Waals surface area contributed by atoms with Gasteiger partial charge in [0.1, 0.15) is 0 Å². The molecule has 14 heteroatoms. The summed E-state index contributed by atoms with van der Waals surface area (Å²) in [6.07, 6.45) is -6.26. The predicted octanol–water partition coefficient (Wildman–Crippen LogP) is 6.54. The van der Waals surface area contributed by atoms with Gasteiger partial charge in [-0.25, -0.2) is 22.0 Å². The number of amides is 2. The number of hydrogen-bond donors (Lipinski definition) is 2. The Hall–Kier alpha value is -4.04. The first-order chi connectivity index (χ1) is 22.0. The summed E-state index contributed by atoms with van der Waals surface area (Å²) in [6.45, 7) is 4.83. The van der Waals surface area contributed by atoms with Gasteiger partial charge in [-0.1, -0.05) is 26.0 Å². The van der Waals surface area contributed by atoms with Crippen molar-refractivity contribution in [3.05, 3.63) is 105 Å². The zero-order valence-electron chi connectivity index (χ0n) is 25.9. The second-order valence-corrected chi connectivity index (χ2v) is 11.2. The number of aliphatic hydroxyl groups excluding tert-OH is 1. The Morgan fingerprint density at radius 1 is 0.809 bits per heavy atom. The van der Waals surface area contributed by atoms with Crippen molar-refractivity contribution in [3.63, 3.8) is 0 Å². The number of nitrogens with zero attached hydrogens (tertiary/aromatic N) is 2. The molecule has 0 fully saturated rings. The molecule has 0 aromatic heterocycles. The van der Waals surface area contributed by atoms with Crippen molar-refractivity contribution in [1.82, 2.24) is 9.80 Å². The van der Waals surface area contributed by atoms with Crippen LogP contribution in [0.15, 0.2) is 42.5 Å². The van der Waals surface area contributed by atoms with Crippen molar-refractivity contribution in [2.75, 3.05) is 19.6 Å². The molecule has 3 rings (SSSR count). The number of aryl methyl sites for hydroxylation is 1. The SMILES string of the molecule is CCCN(Cc1cccc(C(F)(F)F)c1)C(=O)c1cc(C)cc(C(=O)N(CCC)C[C@@H](O)[C@@H](N)Cc2c(F)c(F)c(F)c(F)c2F)c1. The Bertz CT molecular complexity index is 1570. The monoisotopic (exact) mass is 673 g/mol. The lowest BCUT2D eigenvalue weighted by atomic mass is 9.99. The van der Waals surface area contributed by atoms with Crippen LogP contribution in [0.5, 0.6) is 0 Å². The van der Waals surface area contributed by atoms with Crippen molar-refractivity contribution in [2.45, 2.75) is 64.9 Å². The van der Waals surface area contributed by atoms with E-state index in [1.807, 2.05) is 0 Å². The molecule has 0 spiro atoms. The minimum Gasteiger partial charge on any atom is -0.390 e. The van der Waals surface area contributed by atoms with Crippen LogP contribution in [-0.2, 0) is 19.1 Å². The molecule has 0 saturated carbocycles. The quantitative estimate of drug-likeness (QED) is 0.123. The highest BCUT2D eigenvalue weighted by atomic mass is 19.4. The maximum atomic E-state index is 14.2. The molecule has 6 nitrogen and oxygen atoms in total. The first-order valence-corrected chi connectivity index (χ1v) is 14.8. The van der Waals surface area contributed by atoms with Crippen LogP contribution in [0.4, 0.5) is 35.1 Å². The second-order valence-electron chi connectivity index (χ2n) is 11.2. The van der Waals surface area contributed by atoms with Crippen LogP contribution in [0.2, 0.25) is 0 Å².